The van der Waals surface area contributed by atoms with Crippen molar-refractivity contribution in [1.82, 2.24) is 0 Å². The highest BCUT2D eigenvalue weighted by Gasteiger charge is 2.04. The molecule has 3 heteroatoms. The number of unbranched alkanes of at least 4 members (excludes halogenated alkanes) is 10. The number of alkyl halides is 1. The highest BCUT2D eigenvalue weighted by Crippen LogP contribution is 2.19. The van der Waals surface area contributed by atoms with Gasteiger partial charge in [0.25, 0.3) is 0 Å². The molecule has 0 radical (unpaired) electrons. The molecule has 0 heterocycles. The number of carboxylic acids is 1. The Bertz CT molecular complexity index is 231. The fraction of sp³-hybridized carbons (Fsp3) is 0.944. The summed E-state index contributed by atoms with van der Waals surface area (Å²) in [5, 5.41) is 8.55. The summed E-state index contributed by atoms with van der Waals surface area (Å²) in [5.74, 6) is -0.664. The van der Waals surface area contributed by atoms with Crippen molar-refractivity contribution in [3.05, 3.63) is 0 Å². The molecule has 1 N–H and O–H groups in total. The first-order valence-electron chi connectivity index (χ1n) is 9.02. The maximum Gasteiger partial charge on any atom is 0.303 e. The van der Waals surface area contributed by atoms with Crippen molar-refractivity contribution in [2.45, 2.75) is 108 Å². The van der Waals surface area contributed by atoms with Gasteiger partial charge >= 0.3 is 5.97 Å². The second-order valence-corrected chi connectivity index (χ2v) is 7.50. The lowest BCUT2D eigenvalue weighted by molar-refractivity contribution is -0.137. The Kier molecular flexibility index (Phi) is 16.3. The van der Waals surface area contributed by atoms with Crippen LogP contribution in [0.5, 0.6) is 0 Å². The molecule has 0 aliphatic rings. The van der Waals surface area contributed by atoms with Crippen LogP contribution in [0.2, 0.25) is 0 Å². The third-order valence-electron chi connectivity index (χ3n) is 4.03. The summed E-state index contributed by atoms with van der Waals surface area (Å²) in [6, 6.07) is 0. The molecule has 0 bridgehead atoms. The van der Waals surface area contributed by atoms with E-state index in [0.29, 0.717) is 11.2 Å². The maximum absolute atomic E-state index is 10.4. The van der Waals surface area contributed by atoms with Gasteiger partial charge in [-0.1, -0.05) is 93.5 Å². The van der Waals surface area contributed by atoms with Crippen molar-refractivity contribution >= 4 is 21.9 Å². The van der Waals surface area contributed by atoms with Crippen LogP contribution in [-0.2, 0) is 4.79 Å². The second kappa shape index (κ2) is 16.3. The molecule has 126 valence electrons. The Morgan fingerprint density at radius 3 is 1.71 bits per heavy atom. The number of hydrogen-bond donors (Lipinski definition) is 1. The van der Waals surface area contributed by atoms with Crippen molar-refractivity contribution in [3.8, 4) is 0 Å². The summed E-state index contributed by atoms with van der Waals surface area (Å²) < 4.78 is 0. The van der Waals surface area contributed by atoms with Gasteiger partial charge in [-0.15, -0.1) is 0 Å². The molecule has 0 amide bonds. The van der Waals surface area contributed by atoms with Gasteiger partial charge in [-0.3, -0.25) is 4.79 Å². The number of carboxylic acid groups (broad SMARTS) is 1. The zero-order valence-corrected chi connectivity index (χ0v) is 15.5. The van der Waals surface area contributed by atoms with Crippen LogP contribution in [-0.4, -0.2) is 15.9 Å². The number of halogens is 1. The summed E-state index contributed by atoms with van der Waals surface area (Å²) in [5.41, 5.74) is 0. The lowest BCUT2D eigenvalue weighted by atomic mass is 10.0. The molecular weight excluding hydrogens is 328 g/mol. The SMILES string of the molecule is CCCCCCCCCCC(Br)CCCCCCC(=O)O. The van der Waals surface area contributed by atoms with Gasteiger partial charge in [0.05, 0.1) is 0 Å². The first-order valence-corrected chi connectivity index (χ1v) is 9.94. The van der Waals surface area contributed by atoms with Crippen LogP contribution in [0, 0.1) is 0 Å². The van der Waals surface area contributed by atoms with E-state index in [1.54, 1.807) is 0 Å². The first-order chi connectivity index (χ1) is 10.2. The Labute approximate surface area is 140 Å². The minimum absolute atomic E-state index is 0.329. The van der Waals surface area contributed by atoms with Gasteiger partial charge in [0, 0.05) is 11.2 Å². The van der Waals surface area contributed by atoms with E-state index in [1.807, 2.05) is 0 Å². The number of hydrogen-bond acceptors (Lipinski definition) is 1. The topological polar surface area (TPSA) is 37.3 Å². The molecule has 0 aromatic carbocycles. The van der Waals surface area contributed by atoms with Crippen LogP contribution in [0.25, 0.3) is 0 Å². The standard InChI is InChI=1S/C18H35BrO2/c1-2-3-4-5-6-7-8-11-14-17(19)15-12-9-10-13-16-18(20)21/h17H,2-16H2,1H3,(H,20,21). The van der Waals surface area contributed by atoms with Gasteiger partial charge in [-0.2, -0.15) is 0 Å². The smallest absolute Gasteiger partial charge is 0.303 e. The van der Waals surface area contributed by atoms with E-state index in [0.717, 1.165) is 12.8 Å². The molecule has 2 nitrogen and oxygen atoms in total. The molecule has 0 aliphatic carbocycles. The number of carbonyl (C=O) groups is 1. The fourth-order valence-corrected chi connectivity index (χ4v) is 3.29. The Morgan fingerprint density at radius 1 is 0.810 bits per heavy atom. The predicted molar refractivity (Wildman–Crippen MR) is 95.3 cm³/mol. The largest absolute Gasteiger partial charge is 0.481 e. The van der Waals surface area contributed by atoms with Crippen LogP contribution in [0.1, 0.15) is 103 Å². The van der Waals surface area contributed by atoms with Crippen molar-refractivity contribution in [2.75, 3.05) is 0 Å². The van der Waals surface area contributed by atoms with Crippen molar-refractivity contribution < 1.29 is 9.90 Å². The Hall–Kier alpha value is -0.0500. The maximum atomic E-state index is 10.4. The monoisotopic (exact) mass is 362 g/mol. The van der Waals surface area contributed by atoms with Gasteiger partial charge in [-0.25, -0.2) is 0 Å². The van der Waals surface area contributed by atoms with Gasteiger partial charge < -0.3 is 5.11 Å². The predicted octanol–water partition coefficient (Wildman–Crippen LogP) is 6.71. The molecule has 0 spiro atoms. The molecule has 0 aliphatic heterocycles. The molecule has 21 heavy (non-hydrogen) atoms. The molecule has 0 rings (SSSR count). The normalized spacial score (nSPS) is 12.5. The van der Waals surface area contributed by atoms with Gasteiger partial charge in [0.15, 0.2) is 0 Å². The lowest BCUT2D eigenvalue weighted by Gasteiger charge is -2.09. The average molecular weight is 363 g/mol. The summed E-state index contributed by atoms with van der Waals surface area (Å²) in [6.07, 6.45) is 18.3. The van der Waals surface area contributed by atoms with Gasteiger partial charge in [0.2, 0.25) is 0 Å². The number of aliphatic carboxylic acids is 1. The van der Waals surface area contributed by atoms with Crippen LogP contribution >= 0.6 is 15.9 Å². The van der Waals surface area contributed by atoms with Crippen LogP contribution < -0.4 is 0 Å². The molecule has 0 saturated carbocycles. The Morgan fingerprint density at radius 2 is 1.24 bits per heavy atom. The average Bonchev–Trinajstić information content (AvgIpc) is 2.45. The lowest BCUT2D eigenvalue weighted by Crippen LogP contribution is -1.98. The van der Waals surface area contributed by atoms with E-state index < -0.39 is 5.97 Å². The summed E-state index contributed by atoms with van der Waals surface area (Å²) in [7, 11) is 0. The molecule has 1 unspecified atom stereocenters. The van der Waals surface area contributed by atoms with Crippen molar-refractivity contribution in [2.24, 2.45) is 0 Å². The first kappa shape index (κ1) is 20.9. The van der Waals surface area contributed by atoms with E-state index in [9.17, 15) is 4.79 Å². The van der Waals surface area contributed by atoms with Gasteiger partial charge in [-0.05, 0) is 19.3 Å². The van der Waals surface area contributed by atoms with Crippen molar-refractivity contribution in [1.29, 1.82) is 0 Å². The second-order valence-electron chi connectivity index (χ2n) is 6.21. The third-order valence-corrected chi connectivity index (χ3v) is 4.94. The molecule has 0 aromatic heterocycles. The van der Waals surface area contributed by atoms with Crippen LogP contribution in [0.15, 0.2) is 0 Å². The molecule has 0 fully saturated rings. The highest BCUT2D eigenvalue weighted by molar-refractivity contribution is 9.09. The van der Waals surface area contributed by atoms with Gasteiger partial charge in [0.1, 0.15) is 0 Å². The highest BCUT2D eigenvalue weighted by atomic mass is 79.9. The molecular formula is C18H35BrO2. The molecule has 0 aromatic rings. The van der Waals surface area contributed by atoms with E-state index in [-0.39, 0.29) is 0 Å². The zero-order chi connectivity index (χ0) is 15.8. The van der Waals surface area contributed by atoms with Crippen LogP contribution in [0.3, 0.4) is 0 Å². The summed E-state index contributed by atoms with van der Waals surface area (Å²) in [4.78, 5) is 11.0. The Balaban J connectivity index is 3.16. The van der Waals surface area contributed by atoms with Crippen LogP contribution in [0.4, 0.5) is 0 Å². The molecule has 1 atom stereocenters. The quantitative estimate of drug-likeness (QED) is 0.244. The van der Waals surface area contributed by atoms with E-state index in [4.69, 9.17) is 5.11 Å². The van der Waals surface area contributed by atoms with E-state index in [1.165, 1.54) is 77.0 Å². The summed E-state index contributed by atoms with van der Waals surface area (Å²) >= 11 is 3.78. The minimum atomic E-state index is -0.664. The zero-order valence-electron chi connectivity index (χ0n) is 13.9. The van der Waals surface area contributed by atoms with E-state index >= 15 is 0 Å². The van der Waals surface area contributed by atoms with E-state index in [2.05, 4.69) is 22.9 Å². The number of rotatable bonds is 16. The van der Waals surface area contributed by atoms with Crippen molar-refractivity contribution in [3.63, 3.8) is 0 Å². The fourth-order valence-electron chi connectivity index (χ4n) is 2.64. The summed E-state index contributed by atoms with van der Waals surface area (Å²) in [6.45, 7) is 2.27. The minimum Gasteiger partial charge on any atom is -0.481 e. The molecule has 0 saturated heterocycles. The third kappa shape index (κ3) is 17.9.